The third kappa shape index (κ3) is 5.52. The summed E-state index contributed by atoms with van der Waals surface area (Å²) in [6.45, 7) is 5.46. The van der Waals surface area contributed by atoms with Crippen LogP contribution < -0.4 is 20.3 Å². The lowest BCUT2D eigenvalue weighted by Crippen LogP contribution is -2.44. The predicted octanol–water partition coefficient (Wildman–Crippen LogP) is 3.12. The monoisotopic (exact) mass is 401 g/mol. The second kappa shape index (κ2) is 10.2. The molecule has 7 heteroatoms. The Hall–Kier alpha value is -2.47. The van der Waals surface area contributed by atoms with Crippen molar-refractivity contribution < 1.29 is 4.74 Å². The molecule has 1 aromatic heterocycles. The van der Waals surface area contributed by atoms with Gasteiger partial charge in [-0.2, -0.15) is 0 Å². The molecule has 28 heavy (non-hydrogen) atoms. The van der Waals surface area contributed by atoms with E-state index in [1.54, 1.807) is 13.3 Å². The van der Waals surface area contributed by atoms with Crippen molar-refractivity contribution in [1.29, 1.82) is 0 Å². The minimum Gasteiger partial charge on any atom is -0.495 e. The fourth-order valence-electron chi connectivity index (χ4n) is 3.36. The lowest BCUT2D eigenvalue weighted by Gasteiger charge is -2.22. The van der Waals surface area contributed by atoms with Gasteiger partial charge in [0.15, 0.2) is 5.96 Å². The van der Waals surface area contributed by atoms with Crippen LogP contribution >= 0.6 is 11.6 Å². The number of pyridine rings is 1. The van der Waals surface area contributed by atoms with Gasteiger partial charge in [0.2, 0.25) is 0 Å². The van der Waals surface area contributed by atoms with Gasteiger partial charge < -0.3 is 20.3 Å². The SMILES string of the molecule is CCNC(=NCCc1cccnc1)NC1CCN(c2cc(Cl)ccc2OC)C1. The van der Waals surface area contributed by atoms with Crippen LogP contribution in [-0.4, -0.2) is 50.3 Å². The van der Waals surface area contributed by atoms with Gasteiger partial charge in [-0.1, -0.05) is 17.7 Å². The van der Waals surface area contributed by atoms with Crippen molar-refractivity contribution in [3.8, 4) is 5.75 Å². The standard InChI is InChI=1S/C21H28ClN5O/c1-3-24-21(25-11-8-16-5-4-10-23-14-16)26-18-9-12-27(15-18)19-13-17(22)6-7-20(19)28-2/h4-7,10,13-14,18H,3,8-9,11-12,15H2,1-2H3,(H2,24,25,26). The third-order valence-electron chi connectivity index (χ3n) is 4.75. The molecule has 3 rings (SSSR count). The number of methoxy groups -OCH3 is 1. The number of hydrogen-bond donors (Lipinski definition) is 2. The van der Waals surface area contributed by atoms with Gasteiger partial charge in [0, 0.05) is 49.6 Å². The summed E-state index contributed by atoms with van der Waals surface area (Å²) in [6, 6.07) is 10.1. The summed E-state index contributed by atoms with van der Waals surface area (Å²) in [5, 5.41) is 7.62. The normalized spacial score (nSPS) is 16.9. The van der Waals surface area contributed by atoms with Crippen molar-refractivity contribution >= 4 is 23.2 Å². The van der Waals surface area contributed by atoms with Crippen LogP contribution in [0.2, 0.25) is 5.02 Å². The van der Waals surface area contributed by atoms with Gasteiger partial charge in [-0.3, -0.25) is 9.98 Å². The number of aromatic nitrogens is 1. The molecule has 2 N–H and O–H groups in total. The van der Waals surface area contributed by atoms with Crippen LogP contribution in [0.3, 0.4) is 0 Å². The molecule has 0 radical (unpaired) electrons. The fourth-order valence-corrected chi connectivity index (χ4v) is 3.53. The van der Waals surface area contributed by atoms with Crippen LogP contribution in [0.25, 0.3) is 0 Å². The van der Waals surface area contributed by atoms with Crippen LogP contribution in [0, 0.1) is 0 Å². The number of guanidine groups is 1. The van der Waals surface area contributed by atoms with Crippen LogP contribution in [0.5, 0.6) is 5.75 Å². The molecule has 0 bridgehead atoms. The molecular weight excluding hydrogens is 374 g/mol. The van der Waals surface area contributed by atoms with E-state index in [2.05, 4.69) is 33.5 Å². The Morgan fingerprint density at radius 2 is 2.29 bits per heavy atom. The molecule has 1 aliphatic rings. The summed E-state index contributed by atoms with van der Waals surface area (Å²) in [7, 11) is 1.69. The number of nitrogens with zero attached hydrogens (tertiary/aromatic N) is 3. The lowest BCUT2D eigenvalue weighted by atomic mass is 10.2. The van der Waals surface area contributed by atoms with E-state index in [-0.39, 0.29) is 0 Å². The zero-order valence-corrected chi connectivity index (χ0v) is 17.2. The van der Waals surface area contributed by atoms with Crippen LogP contribution in [-0.2, 0) is 6.42 Å². The highest BCUT2D eigenvalue weighted by molar-refractivity contribution is 6.30. The minimum absolute atomic E-state index is 0.319. The molecule has 2 aromatic rings. The van der Waals surface area contributed by atoms with Crippen LogP contribution in [0.15, 0.2) is 47.7 Å². The maximum atomic E-state index is 6.19. The average Bonchev–Trinajstić information content (AvgIpc) is 3.17. The van der Waals surface area contributed by atoms with Crippen molar-refractivity contribution in [3.63, 3.8) is 0 Å². The van der Waals surface area contributed by atoms with Gasteiger partial charge in [-0.15, -0.1) is 0 Å². The average molecular weight is 402 g/mol. The van der Waals surface area contributed by atoms with E-state index in [4.69, 9.17) is 21.3 Å². The Kier molecular flexibility index (Phi) is 7.37. The van der Waals surface area contributed by atoms with Crippen molar-refractivity contribution in [2.24, 2.45) is 4.99 Å². The summed E-state index contributed by atoms with van der Waals surface area (Å²) >= 11 is 6.19. The molecule has 1 unspecified atom stereocenters. The van der Waals surface area contributed by atoms with Gasteiger partial charge >= 0.3 is 0 Å². The number of nitrogens with one attached hydrogen (secondary N) is 2. The predicted molar refractivity (Wildman–Crippen MR) is 116 cm³/mol. The molecule has 1 aromatic carbocycles. The molecule has 150 valence electrons. The summed E-state index contributed by atoms with van der Waals surface area (Å²) in [4.78, 5) is 11.2. The van der Waals surface area contributed by atoms with E-state index in [0.29, 0.717) is 6.04 Å². The molecular formula is C21H28ClN5O. The molecule has 2 heterocycles. The van der Waals surface area contributed by atoms with E-state index in [1.807, 2.05) is 30.5 Å². The summed E-state index contributed by atoms with van der Waals surface area (Å²) in [5.74, 6) is 1.71. The van der Waals surface area contributed by atoms with Crippen molar-refractivity contribution in [3.05, 3.63) is 53.3 Å². The molecule has 0 spiro atoms. The van der Waals surface area contributed by atoms with Crippen molar-refractivity contribution in [2.45, 2.75) is 25.8 Å². The first-order valence-corrected chi connectivity index (χ1v) is 10.1. The lowest BCUT2D eigenvalue weighted by molar-refractivity contribution is 0.415. The highest BCUT2D eigenvalue weighted by Crippen LogP contribution is 2.33. The number of anilines is 1. The zero-order valence-electron chi connectivity index (χ0n) is 16.5. The number of benzene rings is 1. The number of rotatable bonds is 7. The summed E-state index contributed by atoms with van der Waals surface area (Å²) in [5.41, 5.74) is 2.24. The van der Waals surface area contributed by atoms with E-state index < -0.39 is 0 Å². The van der Waals surface area contributed by atoms with Gasteiger partial charge in [-0.05, 0) is 49.6 Å². The Bertz CT molecular complexity index is 784. The Morgan fingerprint density at radius 3 is 3.04 bits per heavy atom. The Balaban J connectivity index is 1.58. The topological polar surface area (TPSA) is 61.8 Å². The smallest absolute Gasteiger partial charge is 0.191 e. The van der Waals surface area contributed by atoms with Gasteiger partial charge in [0.25, 0.3) is 0 Å². The molecule has 1 saturated heterocycles. The van der Waals surface area contributed by atoms with E-state index in [0.717, 1.165) is 61.4 Å². The Morgan fingerprint density at radius 1 is 1.39 bits per heavy atom. The number of aliphatic imine (C=N–C) groups is 1. The van der Waals surface area contributed by atoms with Gasteiger partial charge in [-0.25, -0.2) is 0 Å². The number of hydrogen-bond acceptors (Lipinski definition) is 4. The van der Waals surface area contributed by atoms with Crippen molar-refractivity contribution in [2.75, 3.05) is 38.2 Å². The quantitative estimate of drug-likeness (QED) is 0.551. The molecule has 0 aliphatic carbocycles. The summed E-state index contributed by atoms with van der Waals surface area (Å²) in [6.07, 6.45) is 5.59. The molecule has 0 saturated carbocycles. The van der Waals surface area contributed by atoms with Crippen LogP contribution in [0.4, 0.5) is 5.69 Å². The van der Waals surface area contributed by atoms with Crippen LogP contribution in [0.1, 0.15) is 18.9 Å². The number of ether oxygens (including phenoxy) is 1. The maximum absolute atomic E-state index is 6.19. The highest BCUT2D eigenvalue weighted by atomic mass is 35.5. The minimum atomic E-state index is 0.319. The first-order chi connectivity index (χ1) is 13.7. The van der Waals surface area contributed by atoms with Gasteiger partial charge in [0.05, 0.1) is 12.8 Å². The third-order valence-corrected chi connectivity index (χ3v) is 4.98. The maximum Gasteiger partial charge on any atom is 0.191 e. The summed E-state index contributed by atoms with van der Waals surface area (Å²) < 4.78 is 5.50. The first kappa shape index (κ1) is 20.3. The molecule has 0 amide bonds. The zero-order chi connectivity index (χ0) is 19.8. The fraction of sp³-hybridized carbons (Fsp3) is 0.429. The molecule has 1 fully saturated rings. The van der Waals surface area contributed by atoms with Gasteiger partial charge in [0.1, 0.15) is 5.75 Å². The van der Waals surface area contributed by atoms with Crippen molar-refractivity contribution in [1.82, 2.24) is 15.6 Å². The van der Waals surface area contributed by atoms with E-state index in [1.165, 1.54) is 5.56 Å². The molecule has 1 aliphatic heterocycles. The van der Waals surface area contributed by atoms with E-state index in [9.17, 15) is 0 Å². The second-order valence-electron chi connectivity index (χ2n) is 6.76. The largest absolute Gasteiger partial charge is 0.495 e. The Labute approximate surface area is 172 Å². The highest BCUT2D eigenvalue weighted by Gasteiger charge is 2.25. The molecule has 6 nitrogen and oxygen atoms in total. The first-order valence-electron chi connectivity index (χ1n) is 9.72. The van der Waals surface area contributed by atoms with E-state index >= 15 is 0 Å². The molecule has 1 atom stereocenters. The number of halogens is 1. The second-order valence-corrected chi connectivity index (χ2v) is 7.20.